The van der Waals surface area contributed by atoms with E-state index < -0.39 is 4.92 Å². The molecule has 0 bridgehead atoms. The molecule has 7 nitrogen and oxygen atoms in total. The SMILES string of the molecule is Nc1nc(-c2cccc(Nc3ncccc3[N+](=O)[O-])c2)cs1. The summed E-state index contributed by atoms with van der Waals surface area (Å²) >= 11 is 1.36. The molecule has 1 aromatic carbocycles. The van der Waals surface area contributed by atoms with Gasteiger partial charge in [0.1, 0.15) is 0 Å². The van der Waals surface area contributed by atoms with Crippen LogP contribution in [0.25, 0.3) is 11.3 Å². The highest BCUT2D eigenvalue weighted by Gasteiger charge is 2.14. The number of nitrogens with one attached hydrogen (secondary N) is 1. The average Bonchev–Trinajstić information content (AvgIpc) is 2.94. The first-order valence-corrected chi connectivity index (χ1v) is 7.19. The monoisotopic (exact) mass is 313 g/mol. The van der Waals surface area contributed by atoms with E-state index in [2.05, 4.69) is 15.3 Å². The van der Waals surface area contributed by atoms with E-state index in [1.54, 1.807) is 6.07 Å². The number of thiazole rings is 1. The lowest BCUT2D eigenvalue weighted by Crippen LogP contribution is -1.99. The zero-order chi connectivity index (χ0) is 15.5. The lowest BCUT2D eigenvalue weighted by Gasteiger charge is -2.07. The maximum absolute atomic E-state index is 11.0. The van der Waals surface area contributed by atoms with E-state index in [1.807, 2.05) is 23.6 Å². The van der Waals surface area contributed by atoms with Crippen molar-refractivity contribution in [2.24, 2.45) is 0 Å². The number of pyridine rings is 1. The van der Waals surface area contributed by atoms with Gasteiger partial charge in [0, 0.05) is 28.9 Å². The summed E-state index contributed by atoms with van der Waals surface area (Å²) in [7, 11) is 0. The molecule has 0 amide bonds. The summed E-state index contributed by atoms with van der Waals surface area (Å²) in [6.45, 7) is 0. The molecule has 3 N–H and O–H groups in total. The molecule has 2 heterocycles. The van der Waals surface area contributed by atoms with Crippen molar-refractivity contribution in [3.8, 4) is 11.3 Å². The maximum Gasteiger partial charge on any atom is 0.311 e. The maximum atomic E-state index is 11.0. The van der Waals surface area contributed by atoms with Crippen LogP contribution in [0.1, 0.15) is 0 Å². The van der Waals surface area contributed by atoms with Crippen molar-refractivity contribution in [2.45, 2.75) is 0 Å². The summed E-state index contributed by atoms with van der Waals surface area (Å²) in [5.41, 5.74) is 7.88. The van der Waals surface area contributed by atoms with Gasteiger partial charge in [0.2, 0.25) is 5.82 Å². The van der Waals surface area contributed by atoms with Crippen molar-refractivity contribution in [1.29, 1.82) is 0 Å². The third-order valence-electron chi connectivity index (χ3n) is 2.93. The number of anilines is 3. The van der Waals surface area contributed by atoms with Gasteiger partial charge in [0.15, 0.2) is 5.13 Å². The first-order valence-electron chi connectivity index (χ1n) is 6.31. The molecular weight excluding hydrogens is 302 g/mol. The molecule has 8 heteroatoms. The highest BCUT2D eigenvalue weighted by atomic mass is 32.1. The summed E-state index contributed by atoms with van der Waals surface area (Å²) < 4.78 is 0. The predicted octanol–water partition coefficient (Wildman–Crippen LogP) is 3.44. The summed E-state index contributed by atoms with van der Waals surface area (Å²) in [5, 5.41) is 16.3. The number of nitrogens with two attached hydrogens (primary N) is 1. The van der Waals surface area contributed by atoms with Crippen molar-refractivity contribution >= 4 is 33.7 Å². The van der Waals surface area contributed by atoms with Gasteiger partial charge < -0.3 is 11.1 Å². The molecule has 3 aromatic rings. The molecule has 0 fully saturated rings. The third kappa shape index (κ3) is 2.86. The number of nitrogen functional groups attached to an aromatic ring is 1. The standard InChI is InChI=1S/C14H11N5O2S/c15-14-18-11(8-22-14)9-3-1-4-10(7-9)17-13-12(19(20)21)5-2-6-16-13/h1-8H,(H2,15,18)(H,16,17). The van der Waals surface area contributed by atoms with Crippen molar-refractivity contribution < 1.29 is 4.92 Å². The molecule has 0 saturated heterocycles. The summed E-state index contributed by atoms with van der Waals surface area (Å²) in [4.78, 5) is 18.8. The number of nitro groups is 1. The Morgan fingerprint density at radius 1 is 1.27 bits per heavy atom. The van der Waals surface area contributed by atoms with Gasteiger partial charge in [-0.1, -0.05) is 12.1 Å². The third-order valence-corrected chi connectivity index (χ3v) is 3.60. The second-order valence-corrected chi connectivity index (χ2v) is 5.29. The van der Waals surface area contributed by atoms with E-state index in [9.17, 15) is 10.1 Å². The van der Waals surface area contributed by atoms with Crippen LogP contribution in [0.3, 0.4) is 0 Å². The fourth-order valence-corrected chi connectivity index (χ4v) is 2.53. The highest BCUT2D eigenvalue weighted by molar-refractivity contribution is 7.13. The fraction of sp³-hybridized carbons (Fsp3) is 0. The molecule has 3 rings (SSSR count). The molecule has 2 aromatic heterocycles. The van der Waals surface area contributed by atoms with Gasteiger partial charge in [-0.25, -0.2) is 9.97 Å². The van der Waals surface area contributed by atoms with Crippen LogP contribution in [0.4, 0.5) is 22.3 Å². The Labute approximate surface area is 129 Å². The molecule has 0 spiro atoms. The smallest absolute Gasteiger partial charge is 0.311 e. The van der Waals surface area contributed by atoms with Crippen molar-refractivity contribution in [2.75, 3.05) is 11.1 Å². The molecule has 22 heavy (non-hydrogen) atoms. The van der Waals surface area contributed by atoms with E-state index >= 15 is 0 Å². The Morgan fingerprint density at radius 2 is 2.14 bits per heavy atom. The van der Waals surface area contributed by atoms with E-state index in [4.69, 9.17) is 5.73 Å². The van der Waals surface area contributed by atoms with Crippen LogP contribution in [0, 0.1) is 10.1 Å². The van der Waals surface area contributed by atoms with E-state index in [-0.39, 0.29) is 11.5 Å². The Morgan fingerprint density at radius 3 is 2.86 bits per heavy atom. The normalized spacial score (nSPS) is 10.4. The van der Waals surface area contributed by atoms with Gasteiger partial charge in [-0.2, -0.15) is 0 Å². The molecule has 0 aliphatic heterocycles. The van der Waals surface area contributed by atoms with Crippen LogP contribution in [0.5, 0.6) is 0 Å². The minimum atomic E-state index is -0.472. The topological polar surface area (TPSA) is 107 Å². The minimum absolute atomic E-state index is 0.0780. The fourth-order valence-electron chi connectivity index (χ4n) is 1.95. The molecular formula is C14H11N5O2S. The van der Waals surface area contributed by atoms with E-state index in [1.165, 1.54) is 29.7 Å². The number of rotatable bonds is 4. The Kier molecular flexibility index (Phi) is 3.67. The molecule has 0 radical (unpaired) electrons. The molecule has 0 aliphatic carbocycles. The van der Waals surface area contributed by atoms with Crippen LogP contribution in [-0.4, -0.2) is 14.9 Å². The van der Waals surface area contributed by atoms with Crippen LogP contribution < -0.4 is 11.1 Å². The number of aromatic nitrogens is 2. The van der Waals surface area contributed by atoms with Crippen LogP contribution in [-0.2, 0) is 0 Å². The second kappa shape index (κ2) is 5.78. The van der Waals surface area contributed by atoms with Crippen LogP contribution >= 0.6 is 11.3 Å². The molecule has 0 saturated carbocycles. The molecule has 0 unspecified atom stereocenters. The minimum Gasteiger partial charge on any atom is -0.375 e. The van der Waals surface area contributed by atoms with E-state index in [0.717, 1.165) is 11.3 Å². The Hall–Kier alpha value is -3.00. The molecule has 0 aliphatic rings. The predicted molar refractivity (Wildman–Crippen MR) is 86.1 cm³/mol. The molecule has 0 atom stereocenters. The highest BCUT2D eigenvalue weighted by Crippen LogP contribution is 2.28. The number of nitrogens with zero attached hydrogens (tertiary/aromatic N) is 3. The van der Waals surface area contributed by atoms with Gasteiger partial charge in [0.05, 0.1) is 10.6 Å². The van der Waals surface area contributed by atoms with Gasteiger partial charge in [0.25, 0.3) is 0 Å². The van der Waals surface area contributed by atoms with Gasteiger partial charge in [-0.05, 0) is 18.2 Å². The largest absolute Gasteiger partial charge is 0.375 e. The van der Waals surface area contributed by atoms with Crippen molar-refractivity contribution in [3.05, 3.63) is 58.1 Å². The molecule has 110 valence electrons. The number of hydrogen-bond acceptors (Lipinski definition) is 7. The first kappa shape index (κ1) is 14.0. The lowest BCUT2D eigenvalue weighted by atomic mass is 10.1. The zero-order valence-corrected chi connectivity index (χ0v) is 12.1. The van der Waals surface area contributed by atoms with Gasteiger partial charge >= 0.3 is 5.69 Å². The van der Waals surface area contributed by atoms with Gasteiger partial charge in [-0.3, -0.25) is 10.1 Å². The number of benzene rings is 1. The summed E-state index contributed by atoms with van der Waals surface area (Å²) in [6, 6.07) is 10.3. The Balaban J connectivity index is 1.92. The summed E-state index contributed by atoms with van der Waals surface area (Å²) in [6.07, 6.45) is 1.50. The number of hydrogen-bond donors (Lipinski definition) is 2. The second-order valence-electron chi connectivity index (χ2n) is 4.41. The summed E-state index contributed by atoms with van der Waals surface area (Å²) in [5.74, 6) is 0.197. The van der Waals surface area contributed by atoms with Crippen LogP contribution in [0.15, 0.2) is 48.0 Å². The van der Waals surface area contributed by atoms with Crippen LogP contribution in [0.2, 0.25) is 0 Å². The van der Waals surface area contributed by atoms with Crippen molar-refractivity contribution in [3.63, 3.8) is 0 Å². The van der Waals surface area contributed by atoms with E-state index in [0.29, 0.717) is 10.8 Å². The first-order chi connectivity index (χ1) is 10.6. The quantitative estimate of drug-likeness (QED) is 0.564. The average molecular weight is 313 g/mol. The van der Waals surface area contributed by atoms with Gasteiger partial charge in [-0.15, -0.1) is 11.3 Å². The lowest BCUT2D eigenvalue weighted by molar-refractivity contribution is -0.384. The Bertz CT molecular complexity index is 833. The zero-order valence-electron chi connectivity index (χ0n) is 11.3. The van der Waals surface area contributed by atoms with Crippen molar-refractivity contribution in [1.82, 2.24) is 9.97 Å².